The van der Waals surface area contributed by atoms with Crippen molar-refractivity contribution >= 4 is 29.2 Å². The van der Waals surface area contributed by atoms with Crippen molar-refractivity contribution in [2.45, 2.75) is 19.3 Å². The molecule has 35 heavy (non-hydrogen) atoms. The van der Waals surface area contributed by atoms with E-state index in [0.717, 1.165) is 10.7 Å². The van der Waals surface area contributed by atoms with E-state index in [1.807, 2.05) is 0 Å². The number of amides is 2. The summed E-state index contributed by atoms with van der Waals surface area (Å²) in [6, 6.07) is 15.1. The maximum absolute atomic E-state index is 13.6. The molecule has 180 valence electrons. The van der Waals surface area contributed by atoms with Crippen molar-refractivity contribution in [2.75, 3.05) is 0 Å². The van der Waals surface area contributed by atoms with Gasteiger partial charge in [-0.25, -0.2) is 9.48 Å². The summed E-state index contributed by atoms with van der Waals surface area (Å²) in [6.45, 7) is 0.381. The van der Waals surface area contributed by atoms with Gasteiger partial charge in [0.1, 0.15) is 5.69 Å². The second kappa shape index (κ2) is 10.4. The Kier molecular flexibility index (Phi) is 7.28. The third kappa shape index (κ3) is 6.12. The van der Waals surface area contributed by atoms with Crippen LogP contribution in [0.15, 0.2) is 73.1 Å². The van der Waals surface area contributed by atoms with Crippen LogP contribution in [0.5, 0.6) is 0 Å². The number of nitrogens with zero attached hydrogens (tertiary/aromatic N) is 3. The lowest BCUT2D eigenvalue weighted by atomic mass is 10.2. The number of alkyl halides is 3. The standard InChI is InChI=1S/C24H18Cl2F3N5O/c25-18-6-5-16(20(26)10-18)14-32-23(35)31-12-15-3-7-19(8-4-15)34-22(24(27,28)29)11-21(33-34)17-2-1-9-30-13-17/h1-11,13H,12,14H2,(H2,31,32,35). The van der Waals surface area contributed by atoms with E-state index in [0.29, 0.717) is 26.7 Å². The van der Waals surface area contributed by atoms with E-state index in [2.05, 4.69) is 20.7 Å². The molecule has 0 fully saturated rings. The molecule has 0 aliphatic carbocycles. The quantitative estimate of drug-likeness (QED) is 0.315. The van der Waals surface area contributed by atoms with E-state index in [1.54, 1.807) is 42.5 Å². The van der Waals surface area contributed by atoms with Crippen molar-refractivity contribution < 1.29 is 18.0 Å². The third-order valence-corrected chi connectivity index (χ3v) is 5.63. The molecular weight excluding hydrogens is 502 g/mol. The van der Waals surface area contributed by atoms with E-state index >= 15 is 0 Å². The maximum atomic E-state index is 13.6. The first-order valence-electron chi connectivity index (χ1n) is 10.3. The lowest BCUT2D eigenvalue weighted by Crippen LogP contribution is -2.34. The minimum Gasteiger partial charge on any atom is -0.334 e. The van der Waals surface area contributed by atoms with Crippen molar-refractivity contribution in [1.29, 1.82) is 0 Å². The van der Waals surface area contributed by atoms with Crippen molar-refractivity contribution in [3.63, 3.8) is 0 Å². The number of aromatic nitrogens is 3. The highest BCUT2D eigenvalue weighted by Crippen LogP contribution is 2.34. The largest absolute Gasteiger partial charge is 0.433 e. The summed E-state index contributed by atoms with van der Waals surface area (Å²) >= 11 is 11.9. The van der Waals surface area contributed by atoms with Gasteiger partial charge in [0.2, 0.25) is 0 Å². The van der Waals surface area contributed by atoms with Crippen LogP contribution in [0.4, 0.5) is 18.0 Å². The third-order valence-electron chi connectivity index (χ3n) is 5.05. The SMILES string of the molecule is O=C(NCc1ccc(-n2nc(-c3cccnc3)cc2C(F)(F)F)cc1)NCc1ccc(Cl)cc1Cl. The molecule has 0 aliphatic rings. The van der Waals surface area contributed by atoms with Crippen molar-refractivity contribution in [3.05, 3.63) is 99.9 Å². The van der Waals surface area contributed by atoms with E-state index in [4.69, 9.17) is 23.2 Å². The fourth-order valence-corrected chi connectivity index (χ4v) is 3.75. The zero-order chi connectivity index (χ0) is 25.0. The Morgan fingerprint density at radius 2 is 1.71 bits per heavy atom. The average molecular weight is 520 g/mol. The zero-order valence-electron chi connectivity index (χ0n) is 18.0. The van der Waals surface area contributed by atoms with Crippen LogP contribution in [-0.4, -0.2) is 20.8 Å². The highest BCUT2D eigenvalue weighted by atomic mass is 35.5. The Morgan fingerprint density at radius 3 is 2.37 bits per heavy atom. The molecule has 0 saturated heterocycles. The van der Waals surface area contributed by atoms with Gasteiger partial charge in [-0.1, -0.05) is 41.4 Å². The molecule has 2 amide bonds. The molecule has 0 aliphatic heterocycles. The summed E-state index contributed by atoms with van der Waals surface area (Å²) in [5, 5.41) is 10.5. The number of hydrogen-bond acceptors (Lipinski definition) is 3. The van der Waals surface area contributed by atoms with Gasteiger partial charge >= 0.3 is 12.2 Å². The highest BCUT2D eigenvalue weighted by molar-refractivity contribution is 6.35. The number of urea groups is 1. The van der Waals surface area contributed by atoms with Gasteiger partial charge in [-0.05, 0) is 53.6 Å². The Bertz CT molecular complexity index is 1330. The van der Waals surface area contributed by atoms with Crippen LogP contribution in [0.2, 0.25) is 10.0 Å². The molecule has 0 unspecified atom stereocenters. The number of carbonyl (C=O) groups excluding carboxylic acids is 1. The van der Waals surface area contributed by atoms with Crippen molar-refractivity contribution in [3.8, 4) is 16.9 Å². The van der Waals surface area contributed by atoms with Gasteiger partial charge in [-0.3, -0.25) is 4.98 Å². The summed E-state index contributed by atoms with van der Waals surface area (Å²) in [7, 11) is 0. The Morgan fingerprint density at radius 1 is 0.971 bits per heavy atom. The lowest BCUT2D eigenvalue weighted by molar-refractivity contribution is -0.142. The van der Waals surface area contributed by atoms with E-state index < -0.39 is 17.9 Å². The van der Waals surface area contributed by atoms with Gasteiger partial charge in [-0.2, -0.15) is 18.3 Å². The number of hydrogen-bond donors (Lipinski definition) is 2. The van der Waals surface area contributed by atoms with Gasteiger partial charge in [0.25, 0.3) is 0 Å². The minimum atomic E-state index is -4.60. The lowest BCUT2D eigenvalue weighted by Gasteiger charge is -2.11. The first-order chi connectivity index (χ1) is 16.7. The Labute approximate surface area is 208 Å². The summed E-state index contributed by atoms with van der Waals surface area (Å²) in [5.74, 6) is 0. The molecule has 0 saturated carbocycles. The second-order valence-electron chi connectivity index (χ2n) is 7.50. The molecule has 0 bridgehead atoms. The van der Waals surface area contributed by atoms with Crippen molar-refractivity contribution in [1.82, 2.24) is 25.4 Å². The molecule has 2 aromatic carbocycles. The number of pyridine rings is 1. The first kappa shape index (κ1) is 24.6. The Balaban J connectivity index is 1.42. The Hall–Kier alpha value is -3.56. The monoisotopic (exact) mass is 519 g/mol. The molecule has 4 rings (SSSR count). The normalized spacial score (nSPS) is 11.3. The smallest absolute Gasteiger partial charge is 0.334 e. The van der Waals surface area contributed by atoms with Crippen LogP contribution in [-0.2, 0) is 19.3 Å². The minimum absolute atomic E-state index is 0.161. The van der Waals surface area contributed by atoms with Gasteiger partial charge in [0.05, 0.1) is 11.4 Å². The summed E-state index contributed by atoms with van der Waals surface area (Å²) in [4.78, 5) is 16.1. The average Bonchev–Trinajstić information content (AvgIpc) is 3.29. The number of benzene rings is 2. The molecule has 0 radical (unpaired) electrons. The maximum Gasteiger partial charge on any atom is 0.433 e. The van der Waals surface area contributed by atoms with Gasteiger partial charge in [0.15, 0.2) is 0 Å². The van der Waals surface area contributed by atoms with Gasteiger partial charge in [-0.15, -0.1) is 0 Å². The molecule has 2 aromatic heterocycles. The molecule has 2 N–H and O–H groups in total. The number of carbonyl (C=O) groups is 1. The topological polar surface area (TPSA) is 71.8 Å². The predicted molar refractivity (Wildman–Crippen MR) is 127 cm³/mol. The predicted octanol–water partition coefficient (Wildman–Crippen LogP) is 6.26. The molecule has 0 atom stereocenters. The van der Waals surface area contributed by atoms with Crippen LogP contribution in [0.3, 0.4) is 0 Å². The molecule has 2 heterocycles. The molecular formula is C24H18Cl2F3N5O. The van der Waals surface area contributed by atoms with Gasteiger partial charge in [0, 0.05) is 41.1 Å². The molecule has 11 heteroatoms. The number of nitrogens with one attached hydrogen (secondary N) is 2. The van der Waals surface area contributed by atoms with Crippen LogP contribution >= 0.6 is 23.2 Å². The molecule has 4 aromatic rings. The fraction of sp³-hybridized carbons (Fsp3) is 0.125. The van der Waals surface area contributed by atoms with Gasteiger partial charge < -0.3 is 10.6 Å². The number of rotatable bonds is 6. The van der Waals surface area contributed by atoms with Crippen LogP contribution < -0.4 is 10.6 Å². The zero-order valence-corrected chi connectivity index (χ0v) is 19.5. The summed E-state index contributed by atoms with van der Waals surface area (Å²) < 4.78 is 41.8. The second-order valence-corrected chi connectivity index (χ2v) is 8.35. The van der Waals surface area contributed by atoms with Crippen LogP contribution in [0.1, 0.15) is 16.8 Å². The fourth-order valence-electron chi connectivity index (χ4n) is 3.28. The first-order valence-corrected chi connectivity index (χ1v) is 11.1. The molecule has 0 spiro atoms. The number of halogens is 5. The van der Waals surface area contributed by atoms with E-state index in [-0.39, 0.29) is 24.5 Å². The highest BCUT2D eigenvalue weighted by Gasteiger charge is 2.36. The van der Waals surface area contributed by atoms with Crippen molar-refractivity contribution in [2.24, 2.45) is 0 Å². The summed E-state index contributed by atoms with van der Waals surface area (Å²) in [5.41, 5.74) is 1.38. The van der Waals surface area contributed by atoms with Crippen LogP contribution in [0, 0.1) is 0 Å². The van der Waals surface area contributed by atoms with E-state index in [9.17, 15) is 18.0 Å². The van der Waals surface area contributed by atoms with E-state index in [1.165, 1.54) is 24.5 Å². The summed E-state index contributed by atoms with van der Waals surface area (Å²) in [6.07, 6.45) is -1.61. The van der Waals surface area contributed by atoms with Crippen LogP contribution in [0.25, 0.3) is 16.9 Å². The molecule has 6 nitrogen and oxygen atoms in total.